The van der Waals surface area contributed by atoms with E-state index in [0.717, 1.165) is 17.0 Å². The molecule has 0 saturated carbocycles. The van der Waals surface area contributed by atoms with Crippen molar-refractivity contribution in [2.45, 2.75) is 12.5 Å². The van der Waals surface area contributed by atoms with Crippen molar-refractivity contribution in [1.82, 2.24) is 0 Å². The van der Waals surface area contributed by atoms with Crippen molar-refractivity contribution in [2.24, 2.45) is 5.10 Å². The van der Waals surface area contributed by atoms with E-state index in [2.05, 4.69) is 11.2 Å². The fraction of sp³-hybridized carbons (Fsp3) is 0.125. The van der Waals surface area contributed by atoms with Crippen molar-refractivity contribution in [1.29, 1.82) is 5.26 Å². The van der Waals surface area contributed by atoms with E-state index in [4.69, 9.17) is 0 Å². The second-order valence-corrected chi connectivity index (χ2v) is 4.44. The van der Waals surface area contributed by atoms with E-state index in [0.29, 0.717) is 6.42 Å². The van der Waals surface area contributed by atoms with Gasteiger partial charge in [-0.05, 0) is 17.7 Å². The zero-order valence-corrected chi connectivity index (χ0v) is 10.4. The van der Waals surface area contributed by atoms with Gasteiger partial charge in [-0.2, -0.15) is 10.4 Å². The first-order valence-corrected chi connectivity index (χ1v) is 6.25. The third-order valence-corrected chi connectivity index (χ3v) is 3.19. The Bertz CT molecular complexity index is 626. The minimum absolute atomic E-state index is 0.224. The van der Waals surface area contributed by atoms with Gasteiger partial charge in [0.15, 0.2) is 0 Å². The number of hydrogen-bond donors (Lipinski definition) is 0. The summed E-state index contributed by atoms with van der Waals surface area (Å²) in [6.07, 6.45) is 0.662. The molecular weight excluding hydrogens is 234 g/mol. The highest BCUT2D eigenvalue weighted by Crippen LogP contribution is 2.26. The number of anilines is 1. The van der Waals surface area contributed by atoms with Gasteiger partial charge in [0, 0.05) is 6.42 Å². The second kappa shape index (κ2) is 4.95. The molecule has 1 atom stereocenters. The molecule has 2 aromatic rings. The molecule has 0 radical (unpaired) electrons. The van der Waals surface area contributed by atoms with Crippen LogP contribution < -0.4 is 5.01 Å². The Balaban J connectivity index is 1.96. The van der Waals surface area contributed by atoms with Crippen LogP contribution in [0, 0.1) is 11.3 Å². The van der Waals surface area contributed by atoms with Crippen molar-refractivity contribution in [3.05, 3.63) is 66.2 Å². The van der Waals surface area contributed by atoms with Gasteiger partial charge in [0.05, 0.1) is 17.5 Å². The van der Waals surface area contributed by atoms with Crippen molar-refractivity contribution >= 4 is 11.4 Å². The predicted molar refractivity (Wildman–Crippen MR) is 75.9 cm³/mol. The zero-order valence-electron chi connectivity index (χ0n) is 10.4. The standard InChI is InChI=1S/C16H13N3/c17-12-15-11-16(13-7-3-1-4-8-13)18-19(15)14-9-5-2-6-10-14/h1-10,15H,11H2/t15-/m0/s1. The van der Waals surface area contributed by atoms with E-state index >= 15 is 0 Å². The third kappa shape index (κ3) is 2.21. The van der Waals surface area contributed by atoms with Gasteiger partial charge in [0.2, 0.25) is 0 Å². The topological polar surface area (TPSA) is 39.4 Å². The molecule has 0 aliphatic carbocycles. The van der Waals surface area contributed by atoms with Crippen molar-refractivity contribution < 1.29 is 0 Å². The molecule has 1 heterocycles. The summed E-state index contributed by atoms with van der Waals surface area (Å²) >= 11 is 0. The Hall–Kier alpha value is -2.60. The molecule has 3 heteroatoms. The Labute approximate surface area is 112 Å². The first-order valence-electron chi connectivity index (χ1n) is 6.25. The maximum Gasteiger partial charge on any atom is 0.144 e. The summed E-state index contributed by atoms with van der Waals surface area (Å²) in [6, 6.07) is 21.9. The smallest absolute Gasteiger partial charge is 0.144 e. The lowest BCUT2D eigenvalue weighted by atomic mass is 10.0. The Kier molecular flexibility index (Phi) is 2.99. The van der Waals surface area contributed by atoms with Crippen molar-refractivity contribution in [3.8, 4) is 6.07 Å². The molecule has 3 rings (SSSR count). The first-order chi connectivity index (χ1) is 9.38. The van der Waals surface area contributed by atoms with Crippen LogP contribution in [0.5, 0.6) is 0 Å². The molecule has 92 valence electrons. The van der Waals surface area contributed by atoms with Gasteiger partial charge in [-0.25, -0.2) is 5.01 Å². The fourth-order valence-electron chi connectivity index (χ4n) is 2.24. The van der Waals surface area contributed by atoms with E-state index in [-0.39, 0.29) is 6.04 Å². The number of hydrogen-bond acceptors (Lipinski definition) is 3. The lowest BCUT2D eigenvalue weighted by molar-refractivity contribution is 0.800. The van der Waals surface area contributed by atoms with Crippen LogP contribution in [-0.2, 0) is 0 Å². The number of benzene rings is 2. The number of rotatable bonds is 2. The van der Waals surface area contributed by atoms with Crippen LogP contribution in [0.2, 0.25) is 0 Å². The summed E-state index contributed by atoms with van der Waals surface area (Å²) in [6.45, 7) is 0. The Morgan fingerprint density at radius 3 is 2.26 bits per heavy atom. The lowest BCUT2D eigenvalue weighted by Gasteiger charge is -2.17. The molecule has 0 bridgehead atoms. The van der Waals surface area contributed by atoms with E-state index in [9.17, 15) is 5.26 Å². The molecule has 0 spiro atoms. The largest absolute Gasteiger partial charge is 0.248 e. The Morgan fingerprint density at radius 1 is 1.00 bits per heavy atom. The van der Waals surface area contributed by atoms with E-state index in [1.54, 1.807) is 0 Å². The van der Waals surface area contributed by atoms with Crippen LogP contribution in [0.4, 0.5) is 5.69 Å². The molecule has 0 aromatic heterocycles. The van der Waals surface area contributed by atoms with E-state index in [1.165, 1.54) is 0 Å². The van der Waals surface area contributed by atoms with Crippen LogP contribution in [0.1, 0.15) is 12.0 Å². The van der Waals surface area contributed by atoms with Crippen LogP contribution in [0.3, 0.4) is 0 Å². The molecule has 19 heavy (non-hydrogen) atoms. The van der Waals surface area contributed by atoms with Gasteiger partial charge < -0.3 is 0 Å². The van der Waals surface area contributed by atoms with Gasteiger partial charge in [-0.1, -0.05) is 48.5 Å². The SMILES string of the molecule is N#C[C@@H]1CC(c2ccccc2)=NN1c1ccccc1. The lowest BCUT2D eigenvalue weighted by Crippen LogP contribution is -2.24. The van der Waals surface area contributed by atoms with Gasteiger partial charge in [0.1, 0.15) is 6.04 Å². The first kappa shape index (κ1) is 11.5. The summed E-state index contributed by atoms with van der Waals surface area (Å²) in [5, 5.41) is 15.7. The van der Waals surface area contributed by atoms with Gasteiger partial charge in [0.25, 0.3) is 0 Å². The molecule has 3 nitrogen and oxygen atoms in total. The summed E-state index contributed by atoms with van der Waals surface area (Å²) < 4.78 is 0. The minimum Gasteiger partial charge on any atom is -0.248 e. The maximum absolute atomic E-state index is 9.30. The highest BCUT2D eigenvalue weighted by Gasteiger charge is 2.27. The molecule has 0 saturated heterocycles. The van der Waals surface area contributed by atoms with Crippen molar-refractivity contribution in [2.75, 3.05) is 5.01 Å². The quantitative estimate of drug-likeness (QED) is 0.817. The van der Waals surface area contributed by atoms with Crippen LogP contribution in [-0.4, -0.2) is 11.8 Å². The second-order valence-electron chi connectivity index (χ2n) is 4.44. The molecule has 0 amide bonds. The highest BCUT2D eigenvalue weighted by atomic mass is 15.5. The summed E-state index contributed by atoms with van der Waals surface area (Å²) in [5.41, 5.74) is 3.01. The number of nitriles is 1. The minimum atomic E-state index is -0.224. The monoisotopic (exact) mass is 247 g/mol. The van der Waals surface area contributed by atoms with E-state index < -0.39 is 0 Å². The predicted octanol–water partition coefficient (Wildman–Crippen LogP) is 3.19. The van der Waals surface area contributed by atoms with Crippen LogP contribution in [0.15, 0.2) is 65.8 Å². The molecule has 0 fully saturated rings. The average molecular weight is 247 g/mol. The maximum atomic E-state index is 9.30. The molecule has 2 aromatic carbocycles. The van der Waals surface area contributed by atoms with Crippen LogP contribution >= 0.6 is 0 Å². The average Bonchev–Trinajstić information content (AvgIpc) is 2.93. The number of hydrazone groups is 1. The third-order valence-electron chi connectivity index (χ3n) is 3.19. The summed E-state index contributed by atoms with van der Waals surface area (Å²) in [4.78, 5) is 0. The van der Waals surface area contributed by atoms with Gasteiger partial charge in [-0.3, -0.25) is 0 Å². The summed E-state index contributed by atoms with van der Waals surface area (Å²) in [7, 11) is 0. The molecule has 0 N–H and O–H groups in total. The highest BCUT2D eigenvalue weighted by molar-refractivity contribution is 6.03. The van der Waals surface area contributed by atoms with Crippen molar-refractivity contribution in [3.63, 3.8) is 0 Å². The summed E-state index contributed by atoms with van der Waals surface area (Å²) in [5.74, 6) is 0. The van der Waals surface area contributed by atoms with Gasteiger partial charge in [-0.15, -0.1) is 0 Å². The number of nitrogens with zero attached hydrogens (tertiary/aromatic N) is 3. The fourth-order valence-corrected chi connectivity index (χ4v) is 2.24. The molecule has 1 aliphatic rings. The Morgan fingerprint density at radius 2 is 1.63 bits per heavy atom. The molecule has 1 aliphatic heterocycles. The van der Waals surface area contributed by atoms with Gasteiger partial charge >= 0.3 is 0 Å². The number of para-hydroxylation sites is 1. The van der Waals surface area contributed by atoms with Crippen LogP contribution in [0.25, 0.3) is 0 Å². The van der Waals surface area contributed by atoms with E-state index in [1.807, 2.05) is 65.7 Å². The molecule has 0 unspecified atom stereocenters. The normalized spacial score (nSPS) is 17.9. The molecular formula is C16H13N3. The zero-order chi connectivity index (χ0) is 13.1.